The van der Waals surface area contributed by atoms with Crippen molar-refractivity contribution < 1.29 is 9.47 Å². The molecule has 0 aliphatic carbocycles. The van der Waals surface area contributed by atoms with Gasteiger partial charge in [0, 0.05) is 31.8 Å². The Hall–Kier alpha value is -1.28. The maximum absolute atomic E-state index is 9.23. The van der Waals surface area contributed by atoms with Gasteiger partial charge >= 0.3 is 0 Å². The molecule has 1 aromatic rings. The maximum Gasteiger partial charge on any atom is 0.101 e. The van der Waals surface area contributed by atoms with E-state index in [-0.39, 0.29) is 6.04 Å². The van der Waals surface area contributed by atoms with Crippen LogP contribution >= 0.6 is 11.6 Å². The topological polar surface area (TPSA) is 45.5 Å². The average Bonchev–Trinajstić information content (AvgIpc) is 2.40. The van der Waals surface area contributed by atoms with E-state index in [0.29, 0.717) is 30.3 Å². The van der Waals surface area contributed by atoms with Crippen molar-refractivity contribution in [2.75, 3.05) is 38.9 Å². The van der Waals surface area contributed by atoms with Gasteiger partial charge in [0.1, 0.15) is 6.07 Å². The number of halogens is 1. The number of hydrogen-bond donors (Lipinski definition) is 0. The number of hydrogen-bond acceptors (Lipinski definition) is 4. The van der Waals surface area contributed by atoms with Crippen LogP contribution in [-0.4, -0.2) is 40.0 Å². The number of benzene rings is 1. The highest BCUT2D eigenvalue weighted by atomic mass is 35.5. The van der Waals surface area contributed by atoms with Crippen LogP contribution in [0, 0.1) is 11.3 Å². The molecule has 0 aromatic heterocycles. The lowest BCUT2D eigenvalue weighted by molar-refractivity contribution is 0.171. The molecule has 0 amide bonds. The summed E-state index contributed by atoms with van der Waals surface area (Å²) in [6, 6.07) is 7.66. The third kappa shape index (κ3) is 4.39. The zero-order valence-electron chi connectivity index (χ0n) is 11.5. The Bertz CT molecular complexity index is 446. The minimum atomic E-state index is 0.147. The van der Waals surface area contributed by atoms with Crippen molar-refractivity contribution in [3.8, 4) is 6.07 Å². The van der Waals surface area contributed by atoms with Crippen LogP contribution in [0.25, 0.3) is 0 Å². The number of rotatable bonds is 7. The van der Waals surface area contributed by atoms with E-state index >= 15 is 0 Å². The Labute approximate surface area is 119 Å². The van der Waals surface area contributed by atoms with Crippen molar-refractivity contribution in [3.63, 3.8) is 0 Å². The summed E-state index contributed by atoms with van der Waals surface area (Å²) in [6.45, 7) is 3.91. The molecule has 0 radical (unpaired) electrons. The standard InChI is InChI=1S/C14H19ClN2O2/c1-11(10-19-3)17(6-7-18-2)14-5-4-13(15)8-12(14)9-16/h4-5,8,11H,6-7,10H2,1-3H3. The van der Waals surface area contributed by atoms with Crippen molar-refractivity contribution in [2.24, 2.45) is 0 Å². The van der Waals surface area contributed by atoms with E-state index in [2.05, 4.69) is 17.9 Å². The highest BCUT2D eigenvalue weighted by Gasteiger charge is 2.17. The van der Waals surface area contributed by atoms with Crippen molar-refractivity contribution in [2.45, 2.75) is 13.0 Å². The first-order valence-corrected chi connectivity index (χ1v) is 6.46. The molecule has 0 aliphatic heterocycles. The molecule has 1 unspecified atom stereocenters. The van der Waals surface area contributed by atoms with Crippen molar-refractivity contribution >= 4 is 17.3 Å². The molecule has 5 heteroatoms. The molecule has 1 rings (SSSR count). The van der Waals surface area contributed by atoms with Gasteiger partial charge in [0.2, 0.25) is 0 Å². The second kappa shape index (κ2) is 8.00. The number of nitrogens with zero attached hydrogens (tertiary/aromatic N) is 2. The molecule has 0 heterocycles. The monoisotopic (exact) mass is 282 g/mol. The quantitative estimate of drug-likeness (QED) is 0.771. The molecule has 104 valence electrons. The Balaban J connectivity index is 3.06. The van der Waals surface area contributed by atoms with Crippen LogP contribution in [0.15, 0.2) is 18.2 Å². The van der Waals surface area contributed by atoms with Gasteiger partial charge in [-0.1, -0.05) is 11.6 Å². The molecule has 0 spiro atoms. The molecule has 0 saturated heterocycles. The van der Waals surface area contributed by atoms with Crippen LogP contribution in [-0.2, 0) is 9.47 Å². The van der Waals surface area contributed by atoms with E-state index in [1.54, 1.807) is 26.4 Å². The lowest BCUT2D eigenvalue weighted by atomic mass is 10.1. The van der Waals surface area contributed by atoms with Gasteiger partial charge < -0.3 is 14.4 Å². The largest absolute Gasteiger partial charge is 0.383 e. The van der Waals surface area contributed by atoms with E-state index in [4.69, 9.17) is 21.1 Å². The highest BCUT2D eigenvalue weighted by molar-refractivity contribution is 6.30. The predicted molar refractivity (Wildman–Crippen MR) is 76.7 cm³/mol. The molecule has 0 saturated carbocycles. The summed E-state index contributed by atoms with van der Waals surface area (Å²) >= 11 is 5.93. The molecule has 0 fully saturated rings. The Morgan fingerprint density at radius 1 is 1.37 bits per heavy atom. The fraction of sp³-hybridized carbons (Fsp3) is 0.500. The van der Waals surface area contributed by atoms with Gasteiger partial charge in [0.25, 0.3) is 0 Å². The maximum atomic E-state index is 9.23. The average molecular weight is 283 g/mol. The lowest BCUT2D eigenvalue weighted by Crippen LogP contribution is -2.39. The summed E-state index contributed by atoms with van der Waals surface area (Å²) in [5, 5.41) is 9.79. The van der Waals surface area contributed by atoms with Gasteiger partial charge in [-0.25, -0.2) is 0 Å². The summed E-state index contributed by atoms with van der Waals surface area (Å²) < 4.78 is 10.3. The van der Waals surface area contributed by atoms with E-state index in [0.717, 1.165) is 5.69 Å². The third-order valence-electron chi connectivity index (χ3n) is 2.86. The van der Waals surface area contributed by atoms with Crippen molar-refractivity contribution in [1.82, 2.24) is 0 Å². The Kier molecular flexibility index (Phi) is 6.65. The first kappa shape index (κ1) is 15.8. The normalized spacial score (nSPS) is 11.9. The van der Waals surface area contributed by atoms with Crippen LogP contribution < -0.4 is 4.90 Å². The smallest absolute Gasteiger partial charge is 0.101 e. The van der Waals surface area contributed by atoms with Gasteiger partial charge in [-0.05, 0) is 25.1 Å². The molecular weight excluding hydrogens is 264 g/mol. The Morgan fingerprint density at radius 2 is 2.11 bits per heavy atom. The summed E-state index contributed by atoms with van der Waals surface area (Å²) in [7, 11) is 3.32. The SMILES string of the molecule is COCCN(c1ccc(Cl)cc1C#N)C(C)COC. The molecule has 0 aliphatic rings. The fourth-order valence-electron chi connectivity index (χ4n) is 1.95. The second-order valence-electron chi connectivity index (χ2n) is 4.26. The Morgan fingerprint density at radius 3 is 2.68 bits per heavy atom. The summed E-state index contributed by atoms with van der Waals surface area (Å²) in [6.07, 6.45) is 0. The molecule has 19 heavy (non-hydrogen) atoms. The highest BCUT2D eigenvalue weighted by Crippen LogP contribution is 2.25. The van der Waals surface area contributed by atoms with Gasteiger partial charge in [-0.15, -0.1) is 0 Å². The van der Waals surface area contributed by atoms with Gasteiger partial charge in [0.05, 0.1) is 24.5 Å². The minimum absolute atomic E-state index is 0.147. The minimum Gasteiger partial charge on any atom is -0.383 e. The number of ether oxygens (including phenoxy) is 2. The zero-order chi connectivity index (χ0) is 14.3. The predicted octanol–water partition coefficient (Wildman–Crippen LogP) is 2.70. The van der Waals surface area contributed by atoms with E-state index in [1.807, 2.05) is 6.07 Å². The van der Waals surface area contributed by atoms with Crippen molar-refractivity contribution in [3.05, 3.63) is 28.8 Å². The second-order valence-corrected chi connectivity index (χ2v) is 4.70. The number of anilines is 1. The van der Waals surface area contributed by atoms with Crippen molar-refractivity contribution in [1.29, 1.82) is 5.26 Å². The zero-order valence-corrected chi connectivity index (χ0v) is 12.3. The number of nitriles is 1. The van der Waals surface area contributed by atoms with E-state index in [9.17, 15) is 5.26 Å². The number of methoxy groups -OCH3 is 2. The van der Waals surface area contributed by atoms with Crippen LogP contribution in [0.2, 0.25) is 5.02 Å². The molecule has 0 N–H and O–H groups in total. The lowest BCUT2D eigenvalue weighted by Gasteiger charge is -2.31. The van der Waals surface area contributed by atoms with Gasteiger partial charge in [-0.2, -0.15) is 5.26 Å². The molecule has 4 nitrogen and oxygen atoms in total. The molecule has 1 aromatic carbocycles. The summed E-state index contributed by atoms with van der Waals surface area (Å²) in [5.74, 6) is 0. The molecular formula is C14H19ClN2O2. The molecule has 0 bridgehead atoms. The first-order valence-electron chi connectivity index (χ1n) is 6.08. The van der Waals surface area contributed by atoms with E-state index in [1.165, 1.54) is 0 Å². The first-order chi connectivity index (χ1) is 9.13. The van der Waals surface area contributed by atoms with Crippen LogP contribution in [0.4, 0.5) is 5.69 Å². The van der Waals surface area contributed by atoms with Crippen LogP contribution in [0.5, 0.6) is 0 Å². The van der Waals surface area contributed by atoms with E-state index < -0.39 is 0 Å². The van der Waals surface area contributed by atoms with Crippen LogP contribution in [0.1, 0.15) is 12.5 Å². The fourth-order valence-corrected chi connectivity index (χ4v) is 2.12. The third-order valence-corrected chi connectivity index (χ3v) is 3.10. The summed E-state index contributed by atoms with van der Waals surface area (Å²) in [4.78, 5) is 2.10. The van der Waals surface area contributed by atoms with Gasteiger partial charge in [-0.3, -0.25) is 0 Å². The van der Waals surface area contributed by atoms with Crippen LogP contribution in [0.3, 0.4) is 0 Å². The molecule has 1 atom stereocenters. The van der Waals surface area contributed by atoms with Gasteiger partial charge in [0.15, 0.2) is 0 Å². The summed E-state index contributed by atoms with van der Waals surface area (Å²) in [5.41, 5.74) is 1.42.